The van der Waals surface area contributed by atoms with Gasteiger partial charge in [0.1, 0.15) is 5.60 Å². The van der Waals surface area contributed by atoms with E-state index in [2.05, 4.69) is 17.4 Å². The number of carbonyl (C=O) groups is 1. The summed E-state index contributed by atoms with van der Waals surface area (Å²) in [5.74, 6) is 0.461. The Morgan fingerprint density at radius 1 is 1.32 bits per heavy atom. The Labute approximate surface area is 115 Å². The Morgan fingerprint density at radius 2 is 2.05 bits per heavy atom. The summed E-state index contributed by atoms with van der Waals surface area (Å²) >= 11 is 0. The van der Waals surface area contributed by atoms with Gasteiger partial charge in [-0.15, -0.1) is 0 Å². The minimum Gasteiger partial charge on any atom is -0.443 e. The van der Waals surface area contributed by atoms with E-state index in [0.29, 0.717) is 11.6 Å². The maximum Gasteiger partial charge on any atom is 0.412 e. The zero-order valence-corrected chi connectivity index (χ0v) is 11.7. The fourth-order valence-corrected chi connectivity index (χ4v) is 2.69. The molecule has 0 aromatic heterocycles. The second kappa shape index (κ2) is 5.97. The van der Waals surface area contributed by atoms with Crippen LogP contribution in [0.2, 0.25) is 0 Å². The lowest BCUT2D eigenvalue weighted by molar-refractivity contribution is -0.0117. The minimum absolute atomic E-state index is 0.393. The van der Waals surface area contributed by atoms with Crippen molar-refractivity contribution in [3.05, 3.63) is 30.3 Å². The van der Waals surface area contributed by atoms with Gasteiger partial charge >= 0.3 is 6.09 Å². The van der Waals surface area contributed by atoms with E-state index >= 15 is 0 Å². The van der Waals surface area contributed by atoms with Crippen molar-refractivity contribution in [2.45, 2.75) is 51.6 Å². The first kappa shape index (κ1) is 13.7. The smallest absolute Gasteiger partial charge is 0.412 e. The lowest BCUT2D eigenvalue weighted by Crippen LogP contribution is -2.39. The van der Waals surface area contributed by atoms with E-state index < -0.39 is 11.7 Å². The molecular formula is C16H21NO2. The molecule has 1 aromatic carbocycles. The topological polar surface area (TPSA) is 38.3 Å². The second-order valence-electron chi connectivity index (χ2n) is 5.67. The van der Waals surface area contributed by atoms with Crippen LogP contribution >= 0.6 is 0 Å². The first-order valence-electron chi connectivity index (χ1n) is 6.96. The van der Waals surface area contributed by atoms with Gasteiger partial charge in [0.15, 0.2) is 0 Å². The van der Waals surface area contributed by atoms with E-state index in [0.717, 1.165) is 12.8 Å². The Kier molecular flexibility index (Phi) is 4.31. The molecule has 1 aliphatic rings. The van der Waals surface area contributed by atoms with E-state index in [1.165, 1.54) is 19.3 Å². The van der Waals surface area contributed by atoms with E-state index in [9.17, 15) is 4.79 Å². The monoisotopic (exact) mass is 259 g/mol. The molecule has 1 saturated carbocycles. The van der Waals surface area contributed by atoms with Crippen LogP contribution in [0.4, 0.5) is 10.5 Å². The maximum absolute atomic E-state index is 11.9. The molecular weight excluding hydrogens is 238 g/mol. The van der Waals surface area contributed by atoms with E-state index in [1.54, 1.807) is 18.2 Å². The third-order valence-corrected chi connectivity index (χ3v) is 3.85. The molecule has 0 bridgehead atoms. The summed E-state index contributed by atoms with van der Waals surface area (Å²) in [6, 6.07) is 10.7. The third-order valence-electron chi connectivity index (χ3n) is 3.85. The van der Waals surface area contributed by atoms with Crippen LogP contribution in [0.5, 0.6) is 0 Å². The maximum atomic E-state index is 11.9. The molecule has 0 unspecified atom stereocenters. The number of anilines is 1. The molecule has 1 aromatic rings. The molecule has 1 N–H and O–H groups in total. The molecule has 1 fully saturated rings. The molecule has 3 heteroatoms. The zero-order chi connectivity index (χ0) is 13.7. The first-order valence-corrected chi connectivity index (χ1v) is 6.96. The van der Waals surface area contributed by atoms with Gasteiger partial charge in [0, 0.05) is 6.07 Å². The average Bonchev–Trinajstić information content (AvgIpc) is 2.40. The standard InChI is InChI=1S/C16H21NO2/c1-16(2,13-9-5-3-6-10-13)19-15(18)17-14-11-7-4-8-12-14/h7,11-13H,3,5-6,9-10H2,1-2H3,(H,17,18). The zero-order valence-electron chi connectivity index (χ0n) is 11.7. The van der Waals surface area contributed by atoms with Crippen molar-refractivity contribution < 1.29 is 9.53 Å². The van der Waals surface area contributed by atoms with Gasteiger partial charge in [-0.2, -0.15) is 0 Å². The number of hydrogen-bond donors (Lipinski definition) is 1. The summed E-state index contributed by atoms with van der Waals surface area (Å²) in [4.78, 5) is 11.9. The van der Waals surface area contributed by atoms with Gasteiger partial charge < -0.3 is 4.74 Å². The Hall–Kier alpha value is -1.69. The van der Waals surface area contributed by atoms with Gasteiger partial charge in [-0.1, -0.05) is 31.4 Å². The average molecular weight is 259 g/mol. The van der Waals surface area contributed by atoms with Gasteiger partial charge in [-0.3, -0.25) is 5.32 Å². The van der Waals surface area contributed by atoms with Crippen LogP contribution < -0.4 is 5.32 Å². The molecule has 2 rings (SSSR count). The van der Waals surface area contributed by atoms with Gasteiger partial charge in [-0.25, -0.2) is 4.79 Å². The summed E-state index contributed by atoms with van der Waals surface area (Å²) in [6.07, 6.45) is 5.68. The van der Waals surface area contributed by atoms with Crippen molar-refractivity contribution in [2.75, 3.05) is 5.32 Å². The largest absolute Gasteiger partial charge is 0.443 e. The van der Waals surface area contributed by atoms with Crippen molar-refractivity contribution in [3.8, 4) is 0 Å². The van der Waals surface area contributed by atoms with E-state index in [1.807, 2.05) is 13.8 Å². The van der Waals surface area contributed by atoms with Crippen LogP contribution in [0.15, 0.2) is 18.2 Å². The van der Waals surface area contributed by atoms with E-state index in [-0.39, 0.29) is 0 Å². The molecule has 1 amide bonds. The molecule has 3 nitrogen and oxygen atoms in total. The molecule has 0 aliphatic heterocycles. The Bertz CT molecular complexity index is 408. The normalized spacial score (nSPS) is 16.5. The lowest BCUT2D eigenvalue weighted by Gasteiger charge is -2.36. The van der Waals surface area contributed by atoms with Crippen molar-refractivity contribution in [3.63, 3.8) is 0 Å². The summed E-state index contributed by atoms with van der Waals surface area (Å²) in [7, 11) is 0. The van der Waals surface area contributed by atoms with Crippen LogP contribution in [-0.2, 0) is 4.74 Å². The Balaban J connectivity index is 1.90. The molecule has 0 heterocycles. The number of rotatable bonds is 3. The van der Waals surface area contributed by atoms with Crippen LogP contribution in [0.25, 0.3) is 0 Å². The second-order valence-corrected chi connectivity index (χ2v) is 5.67. The molecule has 0 spiro atoms. The quantitative estimate of drug-likeness (QED) is 0.883. The fourth-order valence-electron chi connectivity index (χ4n) is 2.69. The van der Waals surface area contributed by atoms with Crippen molar-refractivity contribution in [1.82, 2.24) is 0 Å². The van der Waals surface area contributed by atoms with Crippen molar-refractivity contribution >= 4 is 11.8 Å². The fraction of sp³-hybridized carbons (Fsp3) is 0.562. The van der Waals surface area contributed by atoms with Crippen LogP contribution in [-0.4, -0.2) is 11.7 Å². The number of carbonyl (C=O) groups excluding carboxylic acids is 1. The van der Waals surface area contributed by atoms with E-state index in [4.69, 9.17) is 4.74 Å². The number of nitrogens with one attached hydrogen (secondary N) is 1. The summed E-state index contributed by atoms with van der Waals surface area (Å²) in [5, 5.41) is 2.72. The van der Waals surface area contributed by atoms with Crippen LogP contribution in [0.3, 0.4) is 0 Å². The summed E-state index contributed by atoms with van der Waals surface area (Å²) in [5.41, 5.74) is 0.276. The van der Waals surface area contributed by atoms with Gasteiger partial charge in [0.05, 0.1) is 5.69 Å². The van der Waals surface area contributed by atoms with Gasteiger partial charge in [0.2, 0.25) is 0 Å². The minimum atomic E-state index is -0.408. The van der Waals surface area contributed by atoms with Gasteiger partial charge in [0.25, 0.3) is 0 Å². The highest BCUT2D eigenvalue weighted by Crippen LogP contribution is 2.34. The predicted molar refractivity (Wildman–Crippen MR) is 74.9 cm³/mol. The van der Waals surface area contributed by atoms with Crippen molar-refractivity contribution in [1.29, 1.82) is 0 Å². The highest BCUT2D eigenvalue weighted by atomic mass is 16.6. The molecule has 0 saturated heterocycles. The highest BCUT2D eigenvalue weighted by Gasteiger charge is 2.34. The van der Waals surface area contributed by atoms with Crippen LogP contribution in [0, 0.1) is 18.1 Å². The Morgan fingerprint density at radius 3 is 2.68 bits per heavy atom. The number of amides is 1. The predicted octanol–water partition coefficient (Wildman–Crippen LogP) is 4.19. The SMILES string of the molecule is CC(C)(OC(=O)Nc1cc#ccc1)C1CCCCC1. The molecule has 0 radical (unpaired) electrons. The third kappa shape index (κ3) is 3.89. The van der Waals surface area contributed by atoms with Crippen LogP contribution in [0.1, 0.15) is 46.0 Å². The highest BCUT2D eigenvalue weighted by molar-refractivity contribution is 5.84. The molecule has 19 heavy (non-hydrogen) atoms. The van der Waals surface area contributed by atoms with Crippen molar-refractivity contribution in [2.24, 2.45) is 5.92 Å². The lowest BCUT2D eigenvalue weighted by atomic mass is 9.79. The molecule has 1 aliphatic carbocycles. The number of hydrogen-bond acceptors (Lipinski definition) is 2. The molecule has 0 atom stereocenters. The molecule has 102 valence electrons. The summed E-state index contributed by atoms with van der Waals surface area (Å²) < 4.78 is 5.61. The van der Waals surface area contributed by atoms with Gasteiger partial charge in [-0.05, 0) is 44.7 Å². The number of ether oxygens (including phenoxy) is 1. The summed E-state index contributed by atoms with van der Waals surface area (Å²) in [6.45, 7) is 4.01. The first-order chi connectivity index (χ1) is 9.08.